The van der Waals surface area contributed by atoms with Crippen molar-refractivity contribution in [3.8, 4) is 11.4 Å². The minimum atomic E-state index is -3.32. The number of aromatic nitrogens is 2. The molecular weight excluding hydrogens is 443 g/mol. The highest BCUT2D eigenvalue weighted by molar-refractivity contribution is 8.03. The van der Waals surface area contributed by atoms with Gasteiger partial charge in [0.15, 0.2) is 0 Å². The summed E-state index contributed by atoms with van der Waals surface area (Å²) in [6.45, 7) is 2.80. The summed E-state index contributed by atoms with van der Waals surface area (Å²) in [6.07, 6.45) is 2.93. The van der Waals surface area contributed by atoms with Crippen molar-refractivity contribution < 1.29 is 22.1 Å². The number of nitrogens with zero attached hydrogens (tertiary/aromatic N) is 4. The third kappa shape index (κ3) is 4.68. The van der Waals surface area contributed by atoms with E-state index in [1.807, 2.05) is 0 Å². The van der Waals surface area contributed by atoms with Crippen molar-refractivity contribution in [2.75, 3.05) is 31.1 Å². The van der Waals surface area contributed by atoms with Gasteiger partial charge in [0.1, 0.15) is 5.82 Å². The van der Waals surface area contributed by atoms with Gasteiger partial charge in [0, 0.05) is 31.5 Å². The summed E-state index contributed by atoms with van der Waals surface area (Å²) in [4.78, 5) is 19.1. The van der Waals surface area contributed by atoms with Gasteiger partial charge in [-0.3, -0.25) is 4.79 Å². The third-order valence-corrected chi connectivity index (χ3v) is 8.26. The quantitative estimate of drug-likeness (QED) is 0.668. The van der Waals surface area contributed by atoms with Crippen LogP contribution in [0.3, 0.4) is 0 Å². The number of benzene rings is 1. The Balaban J connectivity index is 1.51. The number of sulfonamides is 1. The maximum Gasteiger partial charge on any atom is 0.253 e. The lowest BCUT2D eigenvalue weighted by molar-refractivity contribution is -0.133. The molecule has 2 aliphatic heterocycles. The van der Waals surface area contributed by atoms with Crippen LogP contribution >= 0.6 is 11.8 Å². The molecule has 166 valence electrons. The van der Waals surface area contributed by atoms with Crippen LogP contribution in [-0.4, -0.2) is 64.8 Å². The van der Waals surface area contributed by atoms with Gasteiger partial charge >= 0.3 is 0 Å². The Morgan fingerprint density at radius 1 is 1.35 bits per heavy atom. The first-order valence-electron chi connectivity index (χ1n) is 10.1. The zero-order valence-electron chi connectivity index (χ0n) is 17.0. The maximum absolute atomic E-state index is 14.0. The summed E-state index contributed by atoms with van der Waals surface area (Å²) in [5, 5.41) is 4.51. The van der Waals surface area contributed by atoms with Crippen LogP contribution in [0.15, 0.2) is 33.8 Å². The molecule has 0 saturated carbocycles. The normalized spacial score (nSPS) is 21.7. The molecule has 3 heterocycles. The number of carbonyl (C=O) groups is 1. The number of carbonyl (C=O) groups excluding carboxylic acids is 1. The van der Waals surface area contributed by atoms with Gasteiger partial charge in [0.05, 0.1) is 22.3 Å². The van der Waals surface area contributed by atoms with E-state index in [0.29, 0.717) is 31.0 Å². The Bertz CT molecular complexity index is 1100. The zero-order chi connectivity index (χ0) is 22.0. The Kier molecular flexibility index (Phi) is 6.44. The summed E-state index contributed by atoms with van der Waals surface area (Å²) in [7, 11) is -3.32. The van der Waals surface area contributed by atoms with E-state index in [9.17, 15) is 17.6 Å². The third-order valence-electron chi connectivity index (χ3n) is 5.39. The molecule has 1 unspecified atom stereocenters. The smallest absolute Gasteiger partial charge is 0.253 e. The Morgan fingerprint density at radius 2 is 2.16 bits per heavy atom. The number of halogens is 1. The summed E-state index contributed by atoms with van der Waals surface area (Å²) in [5.74, 6) is 0.140. The van der Waals surface area contributed by atoms with E-state index in [4.69, 9.17) is 4.52 Å². The zero-order valence-corrected chi connectivity index (χ0v) is 18.7. The Labute approximate surface area is 184 Å². The van der Waals surface area contributed by atoms with Gasteiger partial charge in [-0.1, -0.05) is 17.3 Å². The summed E-state index contributed by atoms with van der Waals surface area (Å²) in [5.41, 5.74) is 0.238. The van der Waals surface area contributed by atoms with Crippen LogP contribution < -0.4 is 0 Å². The van der Waals surface area contributed by atoms with E-state index >= 15 is 0 Å². The predicted molar refractivity (Wildman–Crippen MR) is 116 cm³/mol. The second kappa shape index (κ2) is 9.09. The average Bonchev–Trinajstić information content (AvgIpc) is 3.44. The molecular formula is C20H23FN4O4S2. The highest BCUT2D eigenvalue weighted by Gasteiger charge is 2.36. The van der Waals surface area contributed by atoms with E-state index in [2.05, 4.69) is 10.1 Å². The molecule has 1 aromatic carbocycles. The minimum absolute atomic E-state index is 0.0279. The monoisotopic (exact) mass is 466 g/mol. The molecule has 0 aliphatic carbocycles. The van der Waals surface area contributed by atoms with E-state index in [1.54, 1.807) is 36.1 Å². The number of hydrogen-bond acceptors (Lipinski definition) is 7. The van der Waals surface area contributed by atoms with Crippen molar-refractivity contribution in [2.45, 2.75) is 19.8 Å². The lowest BCUT2D eigenvalue weighted by Gasteiger charge is -2.33. The van der Waals surface area contributed by atoms with E-state index in [0.717, 1.165) is 5.75 Å². The second-order valence-corrected chi connectivity index (χ2v) is 10.7. The molecule has 1 atom stereocenters. The van der Waals surface area contributed by atoms with Gasteiger partial charge in [0.25, 0.3) is 5.89 Å². The molecule has 0 bridgehead atoms. The van der Waals surface area contributed by atoms with Gasteiger partial charge in [-0.25, -0.2) is 17.1 Å². The highest BCUT2D eigenvalue weighted by atomic mass is 32.2. The molecule has 31 heavy (non-hydrogen) atoms. The van der Waals surface area contributed by atoms with Crippen molar-refractivity contribution in [1.29, 1.82) is 0 Å². The lowest BCUT2D eigenvalue weighted by atomic mass is 9.98. The van der Waals surface area contributed by atoms with Crippen molar-refractivity contribution in [3.63, 3.8) is 0 Å². The van der Waals surface area contributed by atoms with E-state index < -0.39 is 15.8 Å². The standard InChI is InChI=1S/C20H23FN4O4S2/c1-2-31(27,28)24-9-5-6-14(13-24)20(26)25-10-11-30-18(25)12-17-22-19(23-29-17)15-7-3-4-8-16(15)21/h3-4,7-8,12,14H,2,5-6,9-11,13H2,1H3/b18-12+. The lowest BCUT2D eigenvalue weighted by Crippen LogP contribution is -2.46. The SMILES string of the molecule is CCS(=O)(=O)N1CCCC(C(=O)N2CCS/C2=C/c2nc(-c3ccccc3F)no2)C1. The molecule has 1 aromatic heterocycles. The molecule has 1 amide bonds. The Hall–Kier alpha value is -2.24. The highest BCUT2D eigenvalue weighted by Crippen LogP contribution is 2.33. The number of hydrogen-bond donors (Lipinski definition) is 0. The Morgan fingerprint density at radius 3 is 2.94 bits per heavy atom. The summed E-state index contributed by atoms with van der Waals surface area (Å²) < 4.78 is 45.1. The molecule has 4 rings (SSSR count). The van der Waals surface area contributed by atoms with E-state index in [-0.39, 0.29) is 41.4 Å². The number of amides is 1. The van der Waals surface area contributed by atoms with Gasteiger partial charge in [-0.2, -0.15) is 4.98 Å². The van der Waals surface area contributed by atoms with Crippen LogP contribution in [0.4, 0.5) is 4.39 Å². The summed E-state index contributed by atoms with van der Waals surface area (Å²) in [6, 6.07) is 6.16. The first kappa shape index (κ1) is 22.0. The molecule has 2 aromatic rings. The van der Waals surface area contributed by atoms with Crippen LogP contribution in [0.5, 0.6) is 0 Å². The van der Waals surface area contributed by atoms with Crippen LogP contribution in [-0.2, 0) is 14.8 Å². The van der Waals surface area contributed by atoms with Crippen LogP contribution in [0.2, 0.25) is 0 Å². The van der Waals surface area contributed by atoms with Crippen molar-refractivity contribution in [2.24, 2.45) is 5.92 Å². The fraction of sp³-hybridized carbons (Fsp3) is 0.450. The largest absolute Gasteiger partial charge is 0.334 e. The van der Waals surface area contributed by atoms with Crippen LogP contribution in [0.25, 0.3) is 17.5 Å². The van der Waals surface area contributed by atoms with Gasteiger partial charge in [-0.15, -0.1) is 11.8 Å². The van der Waals surface area contributed by atoms with Gasteiger partial charge in [-0.05, 0) is 31.9 Å². The number of thioether (sulfide) groups is 1. The van der Waals surface area contributed by atoms with Crippen LogP contribution in [0, 0.1) is 11.7 Å². The molecule has 8 nitrogen and oxygen atoms in total. The molecule has 2 saturated heterocycles. The van der Waals surface area contributed by atoms with Crippen molar-refractivity contribution >= 4 is 33.8 Å². The topological polar surface area (TPSA) is 96.6 Å². The first-order valence-corrected chi connectivity index (χ1v) is 12.7. The molecule has 0 radical (unpaired) electrons. The molecule has 2 aliphatic rings. The maximum atomic E-state index is 14.0. The first-order chi connectivity index (χ1) is 14.9. The predicted octanol–water partition coefficient (Wildman–Crippen LogP) is 2.81. The molecule has 11 heteroatoms. The van der Waals surface area contributed by atoms with Gasteiger partial charge < -0.3 is 9.42 Å². The molecule has 0 spiro atoms. The minimum Gasteiger partial charge on any atom is -0.334 e. The van der Waals surface area contributed by atoms with E-state index in [1.165, 1.54) is 22.1 Å². The van der Waals surface area contributed by atoms with Gasteiger partial charge in [0.2, 0.25) is 21.8 Å². The fourth-order valence-corrected chi connectivity index (χ4v) is 5.90. The van der Waals surface area contributed by atoms with Crippen molar-refractivity contribution in [3.05, 3.63) is 41.0 Å². The molecule has 2 fully saturated rings. The average molecular weight is 467 g/mol. The number of rotatable bonds is 5. The second-order valence-electron chi connectivity index (χ2n) is 7.35. The van der Waals surface area contributed by atoms with Crippen LogP contribution in [0.1, 0.15) is 25.7 Å². The number of piperidine rings is 1. The fourth-order valence-electron chi connectivity index (χ4n) is 3.72. The van der Waals surface area contributed by atoms with Crippen molar-refractivity contribution in [1.82, 2.24) is 19.3 Å². The summed E-state index contributed by atoms with van der Waals surface area (Å²) >= 11 is 1.49. The molecule has 0 N–H and O–H groups in total.